The summed E-state index contributed by atoms with van der Waals surface area (Å²) in [7, 11) is -3.42. The highest BCUT2D eigenvalue weighted by Gasteiger charge is 2.26. The first-order chi connectivity index (χ1) is 13.4. The van der Waals surface area contributed by atoms with Gasteiger partial charge in [0.2, 0.25) is 15.9 Å². The molecule has 146 valence electrons. The number of sulfonamides is 1. The molecule has 8 heteroatoms. The Hall–Kier alpha value is -2.40. The van der Waals surface area contributed by atoms with Gasteiger partial charge in [-0.05, 0) is 55.2 Å². The van der Waals surface area contributed by atoms with Crippen LogP contribution in [-0.4, -0.2) is 31.7 Å². The van der Waals surface area contributed by atoms with Gasteiger partial charge in [0.05, 0.1) is 15.5 Å². The highest BCUT2D eigenvalue weighted by atomic mass is 35.5. The molecule has 0 saturated carbocycles. The fraction of sp³-hybridized carbons (Fsp3) is 0.300. The Morgan fingerprint density at radius 1 is 1.14 bits per heavy atom. The molecule has 28 heavy (non-hydrogen) atoms. The van der Waals surface area contributed by atoms with Crippen LogP contribution in [0.5, 0.6) is 0 Å². The maximum atomic E-state index is 12.5. The number of amides is 1. The van der Waals surface area contributed by atoms with Gasteiger partial charge in [0, 0.05) is 25.2 Å². The maximum Gasteiger partial charge on any atom is 0.243 e. The van der Waals surface area contributed by atoms with E-state index in [1.807, 2.05) is 6.07 Å². The summed E-state index contributed by atoms with van der Waals surface area (Å²) < 4.78 is 26.6. The van der Waals surface area contributed by atoms with Crippen molar-refractivity contribution in [3.8, 4) is 6.07 Å². The minimum absolute atomic E-state index is 0.194. The number of nitrogens with zero attached hydrogens (tertiary/aromatic N) is 2. The molecule has 0 radical (unpaired) electrons. The molecule has 0 unspecified atom stereocenters. The number of nitriles is 1. The lowest BCUT2D eigenvalue weighted by molar-refractivity contribution is -0.116. The van der Waals surface area contributed by atoms with Crippen LogP contribution >= 0.6 is 11.6 Å². The lowest BCUT2D eigenvalue weighted by atomic mass is 10.1. The van der Waals surface area contributed by atoms with Crippen molar-refractivity contribution >= 4 is 33.2 Å². The van der Waals surface area contributed by atoms with E-state index >= 15 is 0 Å². The van der Waals surface area contributed by atoms with Crippen molar-refractivity contribution < 1.29 is 13.2 Å². The van der Waals surface area contributed by atoms with Crippen LogP contribution in [0.25, 0.3) is 0 Å². The highest BCUT2D eigenvalue weighted by molar-refractivity contribution is 7.89. The molecule has 1 saturated heterocycles. The van der Waals surface area contributed by atoms with E-state index in [1.165, 1.54) is 10.4 Å². The van der Waals surface area contributed by atoms with Gasteiger partial charge >= 0.3 is 0 Å². The Kier molecular flexibility index (Phi) is 6.35. The zero-order chi connectivity index (χ0) is 20.1. The summed E-state index contributed by atoms with van der Waals surface area (Å²) in [4.78, 5) is 12.4. The van der Waals surface area contributed by atoms with Gasteiger partial charge in [-0.25, -0.2) is 8.42 Å². The largest absolute Gasteiger partial charge is 0.326 e. The number of benzene rings is 2. The molecule has 6 nitrogen and oxygen atoms in total. The third-order valence-corrected chi connectivity index (χ3v) is 6.88. The summed E-state index contributed by atoms with van der Waals surface area (Å²) >= 11 is 5.88. The maximum absolute atomic E-state index is 12.5. The van der Waals surface area contributed by atoms with E-state index in [0.717, 1.165) is 18.4 Å². The first-order valence-electron chi connectivity index (χ1n) is 8.99. The van der Waals surface area contributed by atoms with Crippen LogP contribution in [0.2, 0.25) is 5.02 Å². The molecule has 0 bridgehead atoms. The summed E-state index contributed by atoms with van der Waals surface area (Å²) in [6, 6.07) is 13.4. The minimum Gasteiger partial charge on any atom is -0.326 e. The normalized spacial score (nSPS) is 14.6. The monoisotopic (exact) mass is 417 g/mol. The molecule has 1 aliphatic rings. The first kappa shape index (κ1) is 20.3. The zero-order valence-electron chi connectivity index (χ0n) is 15.2. The summed E-state index contributed by atoms with van der Waals surface area (Å²) in [5.74, 6) is -0.194. The smallest absolute Gasteiger partial charge is 0.243 e. The van der Waals surface area contributed by atoms with Crippen LogP contribution in [0.3, 0.4) is 0 Å². The van der Waals surface area contributed by atoms with E-state index in [9.17, 15) is 13.2 Å². The molecule has 1 amide bonds. The predicted octanol–water partition coefficient (Wildman–Crippen LogP) is 3.57. The minimum atomic E-state index is -3.42. The molecule has 1 N–H and O–H groups in total. The molecule has 0 aromatic heterocycles. The fourth-order valence-corrected chi connectivity index (χ4v) is 4.75. The summed E-state index contributed by atoms with van der Waals surface area (Å²) in [5.41, 5.74) is 1.69. The number of rotatable bonds is 6. The molecule has 1 fully saturated rings. The van der Waals surface area contributed by atoms with E-state index in [-0.39, 0.29) is 17.2 Å². The van der Waals surface area contributed by atoms with Crippen LogP contribution in [-0.2, 0) is 21.2 Å². The highest BCUT2D eigenvalue weighted by Crippen LogP contribution is 2.22. The third-order valence-electron chi connectivity index (χ3n) is 4.64. The van der Waals surface area contributed by atoms with E-state index in [1.54, 1.807) is 36.4 Å². The third kappa shape index (κ3) is 4.71. The van der Waals surface area contributed by atoms with Crippen molar-refractivity contribution in [2.75, 3.05) is 18.4 Å². The molecule has 3 rings (SSSR count). The standard InChI is InChI=1S/C20H20ClN3O3S/c21-19-9-6-17(13-16(19)14-22)23-20(25)10-5-15-3-7-18(8-4-15)28(26,27)24-11-1-2-12-24/h3-4,6-9,13H,1-2,5,10-12H2,(H,23,25). The average molecular weight is 418 g/mol. The molecule has 2 aromatic carbocycles. The van der Waals surface area contributed by atoms with Crippen molar-refractivity contribution in [2.45, 2.75) is 30.6 Å². The van der Waals surface area contributed by atoms with E-state index in [4.69, 9.17) is 16.9 Å². The second kappa shape index (κ2) is 8.74. The number of aryl methyl sites for hydroxylation is 1. The number of anilines is 1. The average Bonchev–Trinajstić information content (AvgIpc) is 3.24. The van der Waals surface area contributed by atoms with E-state index < -0.39 is 10.0 Å². The second-order valence-corrected chi connectivity index (χ2v) is 8.95. The molecular formula is C20H20ClN3O3S. The van der Waals surface area contributed by atoms with Crippen LogP contribution < -0.4 is 5.32 Å². The van der Waals surface area contributed by atoms with Crippen molar-refractivity contribution in [1.82, 2.24) is 4.31 Å². The van der Waals surface area contributed by atoms with Gasteiger partial charge in [0.1, 0.15) is 6.07 Å². The molecule has 0 atom stereocenters. The number of hydrogen-bond acceptors (Lipinski definition) is 4. The van der Waals surface area contributed by atoms with Crippen LogP contribution in [0.15, 0.2) is 47.4 Å². The predicted molar refractivity (Wildman–Crippen MR) is 108 cm³/mol. The Labute approximate surface area is 169 Å². The summed E-state index contributed by atoms with van der Waals surface area (Å²) in [5, 5.41) is 12.1. The SMILES string of the molecule is N#Cc1cc(NC(=O)CCc2ccc(S(=O)(=O)N3CCCC3)cc2)ccc1Cl. The summed E-state index contributed by atoms with van der Waals surface area (Å²) in [6.45, 7) is 1.14. The Morgan fingerprint density at radius 3 is 2.46 bits per heavy atom. The fourth-order valence-electron chi connectivity index (χ4n) is 3.08. The van der Waals surface area contributed by atoms with Crippen molar-refractivity contribution in [2.24, 2.45) is 0 Å². The number of hydrogen-bond donors (Lipinski definition) is 1. The number of nitrogens with one attached hydrogen (secondary N) is 1. The Morgan fingerprint density at radius 2 is 1.82 bits per heavy atom. The van der Waals surface area contributed by atoms with Crippen LogP contribution in [0, 0.1) is 11.3 Å². The van der Waals surface area contributed by atoms with Gasteiger partial charge in [-0.3, -0.25) is 4.79 Å². The van der Waals surface area contributed by atoms with Crippen molar-refractivity contribution in [1.29, 1.82) is 5.26 Å². The first-order valence-corrected chi connectivity index (χ1v) is 10.8. The van der Waals surface area contributed by atoms with Gasteiger partial charge < -0.3 is 5.32 Å². The number of carbonyl (C=O) groups is 1. The molecule has 0 aliphatic carbocycles. The summed E-state index contributed by atoms with van der Waals surface area (Å²) in [6.07, 6.45) is 2.52. The number of carbonyl (C=O) groups excluding carboxylic acids is 1. The van der Waals surface area contributed by atoms with Crippen molar-refractivity contribution in [3.63, 3.8) is 0 Å². The molecule has 1 aliphatic heterocycles. The number of halogens is 1. The molecular weight excluding hydrogens is 398 g/mol. The van der Waals surface area contributed by atoms with E-state index in [2.05, 4.69) is 5.32 Å². The van der Waals surface area contributed by atoms with E-state index in [0.29, 0.717) is 35.8 Å². The van der Waals surface area contributed by atoms with Gasteiger partial charge in [-0.1, -0.05) is 23.7 Å². The lowest BCUT2D eigenvalue weighted by Crippen LogP contribution is -2.27. The van der Waals surface area contributed by atoms with Gasteiger partial charge in [0.15, 0.2) is 0 Å². The Bertz CT molecular complexity index is 1010. The zero-order valence-corrected chi connectivity index (χ0v) is 16.8. The molecule has 1 heterocycles. The van der Waals surface area contributed by atoms with Crippen molar-refractivity contribution in [3.05, 3.63) is 58.6 Å². The van der Waals surface area contributed by atoms with Crippen LogP contribution in [0.4, 0.5) is 5.69 Å². The van der Waals surface area contributed by atoms with Gasteiger partial charge in [-0.2, -0.15) is 9.57 Å². The topological polar surface area (TPSA) is 90.3 Å². The van der Waals surface area contributed by atoms with Crippen LogP contribution in [0.1, 0.15) is 30.4 Å². The lowest BCUT2D eigenvalue weighted by Gasteiger charge is -2.15. The quantitative estimate of drug-likeness (QED) is 0.777. The molecule has 2 aromatic rings. The second-order valence-electron chi connectivity index (χ2n) is 6.61. The molecule has 0 spiro atoms. The Balaban J connectivity index is 1.57. The van der Waals surface area contributed by atoms with Gasteiger partial charge in [-0.15, -0.1) is 0 Å². The van der Waals surface area contributed by atoms with Gasteiger partial charge in [0.25, 0.3) is 0 Å².